The molecule has 0 radical (unpaired) electrons. The first-order chi connectivity index (χ1) is 9.39. The van der Waals surface area contributed by atoms with Gasteiger partial charge in [0.15, 0.2) is 0 Å². The maximum atomic E-state index is 13.2. The number of nitrogens with zero attached hydrogens (tertiary/aromatic N) is 1. The number of hydrogen-bond acceptors (Lipinski definition) is 3. The fraction of sp³-hybridized carbons (Fsp3) is 0.846. The lowest BCUT2D eigenvalue weighted by Gasteiger charge is -2.40. The fourth-order valence-electron chi connectivity index (χ4n) is 3.55. The second-order valence-electron chi connectivity index (χ2n) is 6.31. The molecule has 3 aliphatic rings. The average Bonchev–Trinajstić information content (AvgIpc) is 2.92. The fourth-order valence-corrected chi connectivity index (χ4v) is 3.55. The van der Waals surface area contributed by atoms with Crippen molar-refractivity contribution in [2.45, 2.75) is 37.6 Å². The van der Waals surface area contributed by atoms with Crippen molar-refractivity contribution in [1.82, 2.24) is 15.5 Å². The number of likely N-dealkylation sites (tertiary alicyclic amines) is 1. The molecule has 0 bridgehead atoms. The number of piperidine rings is 1. The topological polar surface area (TPSA) is 61.4 Å². The van der Waals surface area contributed by atoms with Crippen molar-refractivity contribution in [3.63, 3.8) is 0 Å². The summed E-state index contributed by atoms with van der Waals surface area (Å²) >= 11 is 0. The van der Waals surface area contributed by atoms with Gasteiger partial charge in [0.2, 0.25) is 11.8 Å². The van der Waals surface area contributed by atoms with Crippen molar-refractivity contribution >= 4 is 24.2 Å². The van der Waals surface area contributed by atoms with Crippen LogP contribution in [0.25, 0.3) is 0 Å². The van der Waals surface area contributed by atoms with Crippen LogP contribution in [0.4, 0.5) is 8.78 Å². The number of alkyl halides is 2. The van der Waals surface area contributed by atoms with E-state index in [4.69, 9.17) is 0 Å². The van der Waals surface area contributed by atoms with Crippen LogP contribution in [0.5, 0.6) is 0 Å². The van der Waals surface area contributed by atoms with Gasteiger partial charge in [0.25, 0.3) is 5.92 Å². The van der Waals surface area contributed by atoms with Gasteiger partial charge in [-0.3, -0.25) is 14.9 Å². The summed E-state index contributed by atoms with van der Waals surface area (Å²) in [7, 11) is 0. The number of carbonyl (C=O) groups is 2. The van der Waals surface area contributed by atoms with Crippen LogP contribution in [-0.2, 0) is 9.59 Å². The van der Waals surface area contributed by atoms with E-state index in [0.717, 1.165) is 12.8 Å². The van der Waals surface area contributed by atoms with Gasteiger partial charge in [-0.15, -0.1) is 12.4 Å². The van der Waals surface area contributed by atoms with Gasteiger partial charge in [0, 0.05) is 37.9 Å². The number of nitrogens with one attached hydrogen (secondary N) is 2. The molecule has 0 aromatic rings. The Morgan fingerprint density at radius 1 is 1.33 bits per heavy atom. The van der Waals surface area contributed by atoms with Crippen molar-refractivity contribution in [2.75, 3.05) is 26.2 Å². The summed E-state index contributed by atoms with van der Waals surface area (Å²) in [6.45, 7) is 1.25. The average molecular weight is 324 g/mol. The van der Waals surface area contributed by atoms with Crippen molar-refractivity contribution in [1.29, 1.82) is 0 Å². The molecule has 3 saturated heterocycles. The molecule has 8 heteroatoms. The third kappa shape index (κ3) is 3.29. The van der Waals surface area contributed by atoms with Crippen LogP contribution in [0.2, 0.25) is 0 Å². The van der Waals surface area contributed by atoms with Gasteiger partial charge >= 0.3 is 0 Å². The normalized spacial score (nSPS) is 34.7. The molecule has 1 spiro atoms. The SMILES string of the molecule is Cl.O=C1CC2(CCCN(C(=O)C3CC(F)(F)CN3)C2)CN1. The maximum absolute atomic E-state index is 13.2. The second-order valence-corrected chi connectivity index (χ2v) is 6.31. The maximum Gasteiger partial charge on any atom is 0.262 e. The highest BCUT2D eigenvalue weighted by atomic mass is 35.5. The molecule has 3 heterocycles. The van der Waals surface area contributed by atoms with Crippen LogP contribution in [-0.4, -0.2) is 54.9 Å². The van der Waals surface area contributed by atoms with Crippen LogP contribution in [0.1, 0.15) is 25.7 Å². The Balaban J connectivity index is 0.00000161. The Morgan fingerprint density at radius 2 is 2.10 bits per heavy atom. The number of hydrogen-bond donors (Lipinski definition) is 2. The first-order valence-corrected chi connectivity index (χ1v) is 7.06. The predicted molar refractivity (Wildman–Crippen MR) is 74.5 cm³/mol. The van der Waals surface area contributed by atoms with E-state index in [1.165, 1.54) is 0 Å². The zero-order valence-corrected chi connectivity index (χ0v) is 12.5. The molecule has 2 amide bonds. The number of halogens is 3. The largest absolute Gasteiger partial charge is 0.355 e. The molecule has 2 atom stereocenters. The molecule has 0 saturated carbocycles. The molecule has 2 N–H and O–H groups in total. The minimum Gasteiger partial charge on any atom is -0.355 e. The van der Waals surface area contributed by atoms with Gasteiger partial charge in [-0.25, -0.2) is 8.78 Å². The molecule has 0 aromatic carbocycles. The van der Waals surface area contributed by atoms with Gasteiger partial charge < -0.3 is 10.2 Å². The Labute approximate surface area is 128 Å². The van der Waals surface area contributed by atoms with Crippen molar-refractivity contribution < 1.29 is 18.4 Å². The van der Waals surface area contributed by atoms with E-state index in [1.807, 2.05) is 0 Å². The molecular formula is C13H20ClF2N3O2. The van der Waals surface area contributed by atoms with Crippen LogP contribution in [0.15, 0.2) is 0 Å². The lowest BCUT2D eigenvalue weighted by atomic mass is 9.79. The van der Waals surface area contributed by atoms with E-state index >= 15 is 0 Å². The Bertz CT molecular complexity index is 449. The van der Waals surface area contributed by atoms with Gasteiger partial charge in [-0.2, -0.15) is 0 Å². The van der Waals surface area contributed by atoms with Gasteiger partial charge in [0.05, 0.1) is 12.6 Å². The minimum absolute atomic E-state index is 0. The summed E-state index contributed by atoms with van der Waals surface area (Å²) in [5.41, 5.74) is -0.188. The quantitative estimate of drug-likeness (QED) is 0.740. The molecule has 0 aliphatic carbocycles. The lowest BCUT2D eigenvalue weighted by Crippen LogP contribution is -2.52. The molecule has 3 fully saturated rings. The molecule has 3 rings (SSSR count). The molecule has 5 nitrogen and oxygen atoms in total. The predicted octanol–water partition coefficient (Wildman–Crippen LogP) is 0.534. The first kappa shape index (κ1) is 16.4. The van der Waals surface area contributed by atoms with Gasteiger partial charge in [-0.05, 0) is 12.8 Å². The monoisotopic (exact) mass is 323 g/mol. The Hall–Kier alpha value is -0.950. The summed E-state index contributed by atoms with van der Waals surface area (Å²) in [4.78, 5) is 25.4. The number of amides is 2. The van der Waals surface area contributed by atoms with Crippen molar-refractivity contribution in [2.24, 2.45) is 5.41 Å². The summed E-state index contributed by atoms with van der Waals surface area (Å²) < 4.78 is 26.4. The molecule has 120 valence electrons. The first-order valence-electron chi connectivity index (χ1n) is 7.06. The summed E-state index contributed by atoms with van der Waals surface area (Å²) in [6.07, 6.45) is 1.74. The molecule has 21 heavy (non-hydrogen) atoms. The highest BCUT2D eigenvalue weighted by Gasteiger charge is 2.47. The van der Waals surface area contributed by atoms with Crippen LogP contribution in [0, 0.1) is 5.41 Å². The van der Waals surface area contributed by atoms with E-state index in [9.17, 15) is 18.4 Å². The highest BCUT2D eigenvalue weighted by molar-refractivity contribution is 5.85. The van der Waals surface area contributed by atoms with E-state index in [-0.39, 0.29) is 29.6 Å². The molecular weight excluding hydrogens is 304 g/mol. The Kier molecular flexibility index (Phi) is 4.44. The molecule has 3 aliphatic heterocycles. The van der Waals surface area contributed by atoms with Crippen molar-refractivity contribution in [3.05, 3.63) is 0 Å². The summed E-state index contributed by atoms with van der Waals surface area (Å²) in [5.74, 6) is -3.02. The molecule has 0 aromatic heterocycles. The number of rotatable bonds is 1. The second kappa shape index (κ2) is 5.68. The third-order valence-corrected chi connectivity index (χ3v) is 4.58. The van der Waals surface area contributed by atoms with Crippen LogP contribution >= 0.6 is 12.4 Å². The van der Waals surface area contributed by atoms with E-state index < -0.39 is 24.9 Å². The van der Waals surface area contributed by atoms with Gasteiger partial charge in [-0.1, -0.05) is 0 Å². The zero-order chi connectivity index (χ0) is 14.4. The summed E-state index contributed by atoms with van der Waals surface area (Å²) in [5, 5.41) is 5.42. The van der Waals surface area contributed by atoms with Gasteiger partial charge in [0.1, 0.15) is 0 Å². The Morgan fingerprint density at radius 3 is 2.67 bits per heavy atom. The lowest BCUT2D eigenvalue weighted by molar-refractivity contribution is -0.137. The third-order valence-electron chi connectivity index (χ3n) is 4.58. The van der Waals surface area contributed by atoms with Crippen molar-refractivity contribution in [3.8, 4) is 0 Å². The number of carbonyl (C=O) groups excluding carboxylic acids is 2. The standard InChI is InChI=1S/C13H19F2N3O2.ClH/c14-13(15)4-9(16-7-13)11(20)18-3-1-2-12(8-18)5-10(19)17-6-12;/h9,16H,1-8H2,(H,17,19);1H. The van der Waals surface area contributed by atoms with E-state index in [2.05, 4.69) is 10.6 Å². The van der Waals surface area contributed by atoms with Crippen LogP contribution < -0.4 is 10.6 Å². The highest BCUT2D eigenvalue weighted by Crippen LogP contribution is 2.37. The zero-order valence-electron chi connectivity index (χ0n) is 11.7. The minimum atomic E-state index is -2.79. The molecule has 2 unspecified atom stereocenters. The van der Waals surface area contributed by atoms with Crippen LogP contribution in [0.3, 0.4) is 0 Å². The smallest absolute Gasteiger partial charge is 0.262 e. The van der Waals surface area contributed by atoms with E-state index in [0.29, 0.717) is 26.1 Å². The summed E-state index contributed by atoms with van der Waals surface area (Å²) in [6, 6.07) is -0.787. The van der Waals surface area contributed by atoms with E-state index in [1.54, 1.807) is 4.90 Å².